The van der Waals surface area contributed by atoms with Gasteiger partial charge in [-0.15, -0.1) is 0 Å². The molecule has 2 aromatic heterocycles. The van der Waals surface area contributed by atoms with E-state index in [1.165, 1.54) is 0 Å². The Hall–Kier alpha value is -4.72. The third kappa shape index (κ3) is 7.38. The van der Waals surface area contributed by atoms with Crippen LogP contribution < -0.4 is 5.32 Å². The van der Waals surface area contributed by atoms with Crippen LogP contribution in [0.25, 0.3) is 22.2 Å². The van der Waals surface area contributed by atoms with Gasteiger partial charge in [0.15, 0.2) is 11.6 Å². The van der Waals surface area contributed by atoms with Crippen molar-refractivity contribution in [2.45, 2.75) is 45.6 Å². The van der Waals surface area contributed by atoms with Gasteiger partial charge >= 0.3 is 0 Å². The highest BCUT2D eigenvalue weighted by molar-refractivity contribution is 6.10. The van der Waals surface area contributed by atoms with E-state index in [4.69, 9.17) is 0 Å². The molecule has 4 aromatic rings. The number of Topliss-reactive ketones (excluding diaryl/α,β-unsaturated/α-hetero) is 2. The SMILES string of the molecule is CC(C)CC(C(=O)NC1CCCN(C(=O)Cc2cccc(-c3ccccn3)c2)CC1=O)C(=O)c1ccc2ccccc2n1. The van der Waals surface area contributed by atoms with Crippen LogP contribution in [-0.4, -0.2) is 57.4 Å². The number of benzene rings is 2. The Kier molecular flexibility index (Phi) is 9.35. The van der Waals surface area contributed by atoms with Crippen LogP contribution in [0.1, 0.15) is 49.2 Å². The molecule has 8 heteroatoms. The van der Waals surface area contributed by atoms with Crippen molar-refractivity contribution in [3.63, 3.8) is 0 Å². The fraction of sp³-hybridized carbons (Fsp3) is 0.314. The van der Waals surface area contributed by atoms with Crippen molar-refractivity contribution in [1.82, 2.24) is 20.2 Å². The van der Waals surface area contributed by atoms with Crippen molar-refractivity contribution >= 4 is 34.3 Å². The molecule has 1 aliphatic heterocycles. The van der Waals surface area contributed by atoms with Crippen LogP contribution in [0.3, 0.4) is 0 Å². The zero-order valence-corrected chi connectivity index (χ0v) is 24.5. The molecule has 1 N–H and O–H groups in total. The van der Waals surface area contributed by atoms with Crippen molar-refractivity contribution in [2.24, 2.45) is 11.8 Å². The fourth-order valence-corrected chi connectivity index (χ4v) is 5.51. The fourth-order valence-electron chi connectivity index (χ4n) is 5.51. The molecule has 2 atom stereocenters. The number of carbonyl (C=O) groups is 4. The third-order valence-corrected chi connectivity index (χ3v) is 7.76. The number of nitrogens with zero attached hydrogens (tertiary/aromatic N) is 3. The molecule has 0 spiro atoms. The highest BCUT2D eigenvalue weighted by Crippen LogP contribution is 2.22. The number of carbonyl (C=O) groups excluding carboxylic acids is 4. The Bertz CT molecular complexity index is 1640. The molecule has 43 heavy (non-hydrogen) atoms. The zero-order valence-electron chi connectivity index (χ0n) is 24.5. The molecule has 0 saturated carbocycles. The van der Waals surface area contributed by atoms with Crippen LogP contribution in [0.2, 0.25) is 0 Å². The summed E-state index contributed by atoms with van der Waals surface area (Å²) >= 11 is 0. The van der Waals surface area contributed by atoms with Crippen LogP contribution >= 0.6 is 0 Å². The van der Waals surface area contributed by atoms with Gasteiger partial charge in [-0.3, -0.25) is 24.2 Å². The van der Waals surface area contributed by atoms with Gasteiger partial charge in [0.2, 0.25) is 11.8 Å². The molecule has 220 valence electrons. The monoisotopic (exact) mass is 576 g/mol. The van der Waals surface area contributed by atoms with Gasteiger partial charge in [-0.2, -0.15) is 0 Å². The van der Waals surface area contributed by atoms with Gasteiger partial charge in [-0.1, -0.05) is 62.4 Å². The van der Waals surface area contributed by atoms with Gasteiger partial charge in [0.25, 0.3) is 0 Å². The summed E-state index contributed by atoms with van der Waals surface area (Å²) in [7, 11) is 0. The average Bonchev–Trinajstić information content (AvgIpc) is 3.20. The van der Waals surface area contributed by atoms with E-state index in [1.807, 2.05) is 86.6 Å². The first-order valence-electron chi connectivity index (χ1n) is 14.8. The highest BCUT2D eigenvalue weighted by atomic mass is 16.2. The quantitative estimate of drug-likeness (QED) is 0.220. The molecule has 2 amide bonds. The maximum absolute atomic E-state index is 13.5. The molecule has 2 unspecified atom stereocenters. The average molecular weight is 577 g/mol. The molecular formula is C35H36N4O4. The van der Waals surface area contributed by atoms with Gasteiger partial charge in [0, 0.05) is 23.7 Å². The second-order valence-corrected chi connectivity index (χ2v) is 11.5. The van der Waals surface area contributed by atoms with Crippen LogP contribution in [0, 0.1) is 11.8 Å². The van der Waals surface area contributed by atoms with Crippen LogP contribution in [0.5, 0.6) is 0 Å². The predicted octanol–water partition coefficient (Wildman–Crippen LogP) is 5.06. The number of hydrogen-bond acceptors (Lipinski definition) is 6. The minimum Gasteiger partial charge on any atom is -0.346 e. The molecule has 0 bridgehead atoms. The minimum atomic E-state index is -0.964. The van der Waals surface area contributed by atoms with E-state index >= 15 is 0 Å². The number of amides is 2. The van der Waals surface area contributed by atoms with E-state index in [-0.39, 0.29) is 42.1 Å². The molecule has 0 aliphatic carbocycles. The zero-order chi connectivity index (χ0) is 30.3. The standard InChI is InChI=1S/C35H36N4O4/c1-23(2)19-27(34(42)31-16-15-25-10-3-4-13-29(25)37-31)35(43)38-30-14-8-18-39(22-32(30)40)33(41)21-24-9-7-11-26(20-24)28-12-5-6-17-36-28/h3-7,9-13,15-17,20,23,27,30H,8,14,18-19,21-22H2,1-2H3,(H,38,43). The van der Waals surface area contributed by atoms with E-state index < -0.39 is 17.9 Å². The van der Waals surface area contributed by atoms with E-state index in [1.54, 1.807) is 17.2 Å². The molecule has 8 nitrogen and oxygen atoms in total. The lowest BCUT2D eigenvalue weighted by Crippen LogP contribution is -2.47. The Morgan fingerprint density at radius 2 is 1.79 bits per heavy atom. The van der Waals surface area contributed by atoms with Crippen LogP contribution in [0.4, 0.5) is 0 Å². The normalized spacial score (nSPS) is 16.1. The molecule has 1 aliphatic rings. The van der Waals surface area contributed by atoms with E-state index in [0.717, 1.165) is 22.2 Å². The van der Waals surface area contributed by atoms with E-state index in [9.17, 15) is 19.2 Å². The lowest BCUT2D eigenvalue weighted by Gasteiger charge is -2.22. The molecule has 1 fully saturated rings. The molecule has 3 heterocycles. The first-order valence-corrected chi connectivity index (χ1v) is 14.8. The summed E-state index contributed by atoms with van der Waals surface area (Å²) in [6.45, 7) is 4.24. The van der Waals surface area contributed by atoms with Crippen molar-refractivity contribution in [3.05, 3.63) is 96.3 Å². The van der Waals surface area contributed by atoms with E-state index in [2.05, 4.69) is 15.3 Å². The molecule has 1 saturated heterocycles. The largest absolute Gasteiger partial charge is 0.346 e. The summed E-state index contributed by atoms with van der Waals surface area (Å²) < 4.78 is 0. The van der Waals surface area contributed by atoms with Gasteiger partial charge in [0.1, 0.15) is 11.6 Å². The summed E-state index contributed by atoms with van der Waals surface area (Å²) in [5.41, 5.74) is 3.50. The number of hydrogen-bond donors (Lipinski definition) is 1. The van der Waals surface area contributed by atoms with Gasteiger partial charge in [-0.25, -0.2) is 4.98 Å². The molecule has 2 aromatic carbocycles. The number of aromatic nitrogens is 2. The topological polar surface area (TPSA) is 109 Å². The van der Waals surface area contributed by atoms with Crippen LogP contribution in [-0.2, 0) is 20.8 Å². The number of likely N-dealkylation sites (tertiary alicyclic amines) is 1. The summed E-state index contributed by atoms with van der Waals surface area (Å²) in [6, 6.07) is 23.6. The van der Waals surface area contributed by atoms with Crippen molar-refractivity contribution < 1.29 is 19.2 Å². The number of nitrogens with one attached hydrogen (secondary N) is 1. The Morgan fingerprint density at radius 1 is 0.977 bits per heavy atom. The lowest BCUT2D eigenvalue weighted by atomic mass is 9.90. The number of para-hydroxylation sites is 1. The van der Waals surface area contributed by atoms with Gasteiger partial charge in [-0.05, 0) is 61.1 Å². The van der Waals surface area contributed by atoms with Crippen molar-refractivity contribution in [2.75, 3.05) is 13.1 Å². The number of ketones is 2. The van der Waals surface area contributed by atoms with Crippen molar-refractivity contribution in [3.8, 4) is 11.3 Å². The van der Waals surface area contributed by atoms with Crippen LogP contribution in [0.15, 0.2) is 85.1 Å². The minimum absolute atomic E-state index is 0.0780. The second kappa shape index (κ2) is 13.5. The highest BCUT2D eigenvalue weighted by Gasteiger charge is 2.34. The molecule has 0 radical (unpaired) electrons. The lowest BCUT2D eigenvalue weighted by molar-refractivity contribution is -0.135. The summed E-state index contributed by atoms with van der Waals surface area (Å²) in [4.78, 5) is 64.0. The first-order chi connectivity index (χ1) is 20.8. The number of fused-ring (bicyclic) bond motifs is 1. The summed E-state index contributed by atoms with van der Waals surface area (Å²) in [5.74, 6) is -2.10. The Labute approximate surface area is 251 Å². The maximum atomic E-state index is 13.5. The second-order valence-electron chi connectivity index (χ2n) is 11.5. The summed E-state index contributed by atoms with van der Waals surface area (Å²) in [5, 5.41) is 3.76. The third-order valence-electron chi connectivity index (χ3n) is 7.76. The maximum Gasteiger partial charge on any atom is 0.231 e. The molecule has 5 rings (SSSR count). The first kappa shape index (κ1) is 29.8. The Balaban J connectivity index is 1.24. The smallest absolute Gasteiger partial charge is 0.231 e. The van der Waals surface area contributed by atoms with E-state index in [0.29, 0.717) is 31.3 Å². The predicted molar refractivity (Wildman–Crippen MR) is 165 cm³/mol. The molecular weight excluding hydrogens is 540 g/mol. The summed E-state index contributed by atoms with van der Waals surface area (Å²) in [6.07, 6.45) is 3.19. The van der Waals surface area contributed by atoms with Gasteiger partial charge < -0.3 is 10.2 Å². The Morgan fingerprint density at radius 3 is 2.58 bits per heavy atom. The van der Waals surface area contributed by atoms with Crippen molar-refractivity contribution in [1.29, 1.82) is 0 Å². The van der Waals surface area contributed by atoms with Gasteiger partial charge in [0.05, 0.1) is 30.2 Å². The number of pyridine rings is 2. The number of rotatable bonds is 9.